The topological polar surface area (TPSA) is 28.4 Å². The van der Waals surface area contributed by atoms with Gasteiger partial charge in [0.15, 0.2) is 0 Å². The molecule has 14 heavy (non-hydrogen) atoms. The molecule has 2 atom stereocenters. The van der Waals surface area contributed by atoms with Gasteiger partial charge in [-0.25, -0.2) is 0 Å². The minimum atomic E-state index is 0.659. The van der Waals surface area contributed by atoms with Crippen LogP contribution < -0.4 is 5.32 Å². The van der Waals surface area contributed by atoms with Crippen molar-refractivity contribution in [2.45, 2.75) is 26.4 Å². The first-order valence-corrected chi connectivity index (χ1v) is 5.75. The van der Waals surface area contributed by atoms with Gasteiger partial charge in [0, 0.05) is 26.2 Å². The first kappa shape index (κ1) is 12.0. The molecule has 1 heterocycles. The zero-order valence-electron chi connectivity index (χ0n) is 10.1. The summed E-state index contributed by atoms with van der Waals surface area (Å²) in [5.74, 6) is 0.823. The lowest BCUT2D eigenvalue weighted by atomic mass is 10.1. The molecule has 0 aromatic rings. The average molecular weight is 199 g/mol. The van der Waals surface area contributed by atoms with Gasteiger partial charge in [0.05, 0.1) is 6.17 Å². The number of hydrogen-bond acceptors (Lipinski definition) is 3. The maximum Gasteiger partial charge on any atom is 0.0725 e. The molecule has 1 aliphatic rings. The molecule has 3 nitrogen and oxygen atoms in total. The van der Waals surface area contributed by atoms with Crippen LogP contribution in [0.4, 0.5) is 0 Å². The number of likely N-dealkylation sites (N-methyl/N-ethyl adjacent to an activating group) is 2. The molecule has 0 amide bonds. The Balaban J connectivity index is 2.04. The standard InChI is InChI=1S/C11H25N3/c1-5-10(2)9-13(3)6-7-14(4)11-8-12-11/h10-12H,5-9H2,1-4H3. The molecular weight excluding hydrogens is 174 g/mol. The van der Waals surface area contributed by atoms with Crippen molar-refractivity contribution < 1.29 is 0 Å². The Morgan fingerprint density at radius 2 is 2.00 bits per heavy atom. The SMILES string of the molecule is CCC(C)CN(C)CCN(C)C1CN1. The van der Waals surface area contributed by atoms with Gasteiger partial charge in [-0.05, 0) is 20.0 Å². The summed E-state index contributed by atoms with van der Waals surface area (Å²) >= 11 is 0. The molecule has 1 fully saturated rings. The third-order valence-electron chi connectivity index (χ3n) is 3.07. The van der Waals surface area contributed by atoms with E-state index in [4.69, 9.17) is 0 Å². The van der Waals surface area contributed by atoms with Crippen LogP contribution in [0.2, 0.25) is 0 Å². The summed E-state index contributed by atoms with van der Waals surface area (Å²) < 4.78 is 0. The summed E-state index contributed by atoms with van der Waals surface area (Å²) in [5.41, 5.74) is 0. The molecular formula is C11H25N3. The quantitative estimate of drug-likeness (QED) is 0.616. The Bertz CT molecular complexity index is 157. The zero-order valence-corrected chi connectivity index (χ0v) is 10.1. The van der Waals surface area contributed by atoms with E-state index in [2.05, 4.69) is 43.1 Å². The Morgan fingerprint density at radius 1 is 1.36 bits per heavy atom. The summed E-state index contributed by atoms with van der Waals surface area (Å²) in [5, 5.41) is 3.32. The highest BCUT2D eigenvalue weighted by Crippen LogP contribution is 2.04. The summed E-state index contributed by atoms with van der Waals surface area (Å²) in [6.45, 7) is 9.33. The zero-order chi connectivity index (χ0) is 10.6. The van der Waals surface area contributed by atoms with Crippen molar-refractivity contribution in [1.82, 2.24) is 15.1 Å². The van der Waals surface area contributed by atoms with Gasteiger partial charge in [-0.15, -0.1) is 0 Å². The van der Waals surface area contributed by atoms with Gasteiger partial charge in [0.1, 0.15) is 0 Å². The Hall–Kier alpha value is -0.120. The van der Waals surface area contributed by atoms with E-state index < -0.39 is 0 Å². The van der Waals surface area contributed by atoms with Crippen molar-refractivity contribution in [3.05, 3.63) is 0 Å². The van der Waals surface area contributed by atoms with E-state index in [-0.39, 0.29) is 0 Å². The molecule has 0 aromatic carbocycles. The van der Waals surface area contributed by atoms with Crippen LogP contribution in [0.25, 0.3) is 0 Å². The predicted octanol–water partition coefficient (Wildman–Crippen LogP) is 0.825. The average Bonchev–Trinajstić information content (AvgIpc) is 2.97. The summed E-state index contributed by atoms with van der Waals surface area (Å²) in [6.07, 6.45) is 1.94. The first-order valence-electron chi connectivity index (χ1n) is 5.75. The van der Waals surface area contributed by atoms with Crippen molar-refractivity contribution in [2.24, 2.45) is 5.92 Å². The van der Waals surface area contributed by atoms with Crippen LogP contribution in [0.1, 0.15) is 20.3 Å². The fourth-order valence-electron chi connectivity index (χ4n) is 1.60. The van der Waals surface area contributed by atoms with Crippen molar-refractivity contribution >= 4 is 0 Å². The van der Waals surface area contributed by atoms with Gasteiger partial charge in [0.2, 0.25) is 0 Å². The van der Waals surface area contributed by atoms with E-state index in [9.17, 15) is 0 Å². The molecule has 3 heteroatoms. The maximum atomic E-state index is 3.32. The van der Waals surface area contributed by atoms with E-state index in [1.807, 2.05) is 0 Å². The monoisotopic (exact) mass is 199 g/mol. The molecule has 0 spiro atoms. The number of nitrogens with zero attached hydrogens (tertiary/aromatic N) is 2. The third-order valence-corrected chi connectivity index (χ3v) is 3.07. The van der Waals surface area contributed by atoms with E-state index in [1.165, 1.54) is 32.6 Å². The summed E-state index contributed by atoms with van der Waals surface area (Å²) in [6, 6.07) is 0. The highest BCUT2D eigenvalue weighted by molar-refractivity contribution is 4.81. The van der Waals surface area contributed by atoms with Gasteiger partial charge in [0.25, 0.3) is 0 Å². The second kappa shape index (κ2) is 5.69. The molecule has 1 aliphatic heterocycles. The van der Waals surface area contributed by atoms with Crippen molar-refractivity contribution in [1.29, 1.82) is 0 Å². The Kier molecular flexibility index (Phi) is 4.85. The third kappa shape index (κ3) is 4.40. The molecule has 0 bridgehead atoms. The first-order chi connectivity index (χ1) is 6.63. The summed E-state index contributed by atoms with van der Waals surface area (Å²) in [4.78, 5) is 4.83. The lowest BCUT2D eigenvalue weighted by molar-refractivity contribution is 0.228. The van der Waals surface area contributed by atoms with Crippen molar-refractivity contribution in [3.63, 3.8) is 0 Å². The molecule has 0 aromatic heterocycles. The Morgan fingerprint density at radius 3 is 2.50 bits per heavy atom. The largest absolute Gasteiger partial charge is 0.305 e. The van der Waals surface area contributed by atoms with Gasteiger partial charge in [-0.1, -0.05) is 20.3 Å². The minimum Gasteiger partial charge on any atom is -0.305 e. The van der Waals surface area contributed by atoms with Crippen LogP contribution >= 0.6 is 0 Å². The van der Waals surface area contributed by atoms with Crippen LogP contribution in [0.5, 0.6) is 0 Å². The van der Waals surface area contributed by atoms with Crippen LogP contribution in [-0.2, 0) is 0 Å². The fourth-order valence-corrected chi connectivity index (χ4v) is 1.60. The van der Waals surface area contributed by atoms with Gasteiger partial charge >= 0.3 is 0 Å². The highest BCUT2D eigenvalue weighted by Gasteiger charge is 2.24. The lowest BCUT2D eigenvalue weighted by Crippen LogP contribution is -2.35. The summed E-state index contributed by atoms with van der Waals surface area (Å²) in [7, 11) is 4.42. The lowest BCUT2D eigenvalue weighted by Gasteiger charge is -2.23. The van der Waals surface area contributed by atoms with Gasteiger partial charge in [-0.2, -0.15) is 0 Å². The normalized spacial score (nSPS) is 23.1. The molecule has 2 unspecified atom stereocenters. The van der Waals surface area contributed by atoms with E-state index >= 15 is 0 Å². The van der Waals surface area contributed by atoms with Gasteiger partial charge in [-0.3, -0.25) is 10.2 Å². The maximum absolute atomic E-state index is 3.32. The van der Waals surface area contributed by atoms with E-state index in [0.717, 1.165) is 5.92 Å². The van der Waals surface area contributed by atoms with Crippen molar-refractivity contribution in [3.8, 4) is 0 Å². The number of hydrogen-bond donors (Lipinski definition) is 1. The predicted molar refractivity (Wildman–Crippen MR) is 61.4 cm³/mol. The van der Waals surface area contributed by atoms with E-state index in [0.29, 0.717) is 6.17 Å². The van der Waals surface area contributed by atoms with Crippen LogP contribution in [0.15, 0.2) is 0 Å². The van der Waals surface area contributed by atoms with Gasteiger partial charge < -0.3 is 4.90 Å². The molecule has 1 rings (SSSR count). The molecule has 1 saturated heterocycles. The number of rotatable bonds is 7. The molecule has 0 aliphatic carbocycles. The van der Waals surface area contributed by atoms with Crippen LogP contribution in [-0.4, -0.2) is 56.2 Å². The molecule has 0 radical (unpaired) electrons. The smallest absolute Gasteiger partial charge is 0.0725 e. The van der Waals surface area contributed by atoms with Crippen LogP contribution in [0, 0.1) is 5.92 Å². The second-order valence-electron chi connectivity index (χ2n) is 4.68. The highest BCUT2D eigenvalue weighted by atomic mass is 15.4. The van der Waals surface area contributed by atoms with E-state index in [1.54, 1.807) is 0 Å². The Labute approximate surface area is 88.5 Å². The molecule has 1 N–H and O–H groups in total. The fraction of sp³-hybridized carbons (Fsp3) is 1.00. The number of nitrogens with one attached hydrogen (secondary N) is 1. The van der Waals surface area contributed by atoms with Crippen LogP contribution in [0.3, 0.4) is 0 Å². The molecule has 0 saturated carbocycles. The second-order valence-corrected chi connectivity index (χ2v) is 4.68. The minimum absolute atomic E-state index is 0.659. The molecule has 84 valence electrons. The van der Waals surface area contributed by atoms with Crippen molar-refractivity contribution in [2.75, 3.05) is 40.3 Å².